The lowest BCUT2D eigenvalue weighted by atomic mass is 9.86. The Kier molecular flexibility index (Phi) is 6.01. The van der Waals surface area contributed by atoms with Crippen LogP contribution in [0.2, 0.25) is 5.02 Å². The fourth-order valence-corrected chi connectivity index (χ4v) is 3.96. The molecule has 1 aromatic carbocycles. The molecule has 0 unspecified atom stereocenters. The van der Waals surface area contributed by atoms with Gasteiger partial charge in [0.2, 0.25) is 0 Å². The number of ether oxygens (including phenoxy) is 1. The predicted octanol–water partition coefficient (Wildman–Crippen LogP) is 3.44. The van der Waals surface area contributed by atoms with Crippen molar-refractivity contribution in [1.29, 1.82) is 0 Å². The Morgan fingerprint density at radius 1 is 1.17 bits per heavy atom. The van der Waals surface area contributed by atoms with Crippen LogP contribution in [0.3, 0.4) is 0 Å². The molecular formula is C19H27ClN2O2. The van der Waals surface area contributed by atoms with E-state index in [1.807, 2.05) is 4.90 Å². The third kappa shape index (κ3) is 4.64. The Morgan fingerprint density at radius 2 is 1.88 bits per heavy atom. The molecule has 0 radical (unpaired) electrons. The van der Waals surface area contributed by atoms with Gasteiger partial charge in [-0.3, -0.25) is 9.69 Å². The molecular weight excluding hydrogens is 324 g/mol. The minimum Gasteiger partial charge on any atom is -0.484 e. The van der Waals surface area contributed by atoms with Gasteiger partial charge >= 0.3 is 0 Å². The molecule has 1 saturated heterocycles. The molecule has 2 aliphatic rings. The summed E-state index contributed by atoms with van der Waals surface area (Å²) in [7, 11) is 0. The summed E-state index contributed by atoms with van der Waals surface area (Å²) in [6.07, 6.45) is 5.35. The van der Waals surface area contributed by atoms with Crippen molar-refractivity contribution in [2.45, 2.75) is 38.6 Å². The quantitative estimate of drug-likeness (QED) is 0.833. The van der Waals surface area contributed by atoms with Gasteiger partial charge in [0.25, 0.3) is 5.91 Å². The molecule has 4 nitrogen and oxygen atoms in total. The zero-order valence-corrected chi connectivity index (χ0v) is 15.2. The van der Waals surface area contributed by atoms with Crippen molar-refractivity contribution in [2.24, 2.45) is 5.92 Å². The van der Waals surface area contributed by atoms with Crippen LogP contribution in [0.15, 0.2) is 24.3 Å². The van der Waals surface area contributed by atoms with Crippen LogP contribution >= 0.6 is 11.6 Å². The van der Waals surface area contributed by atoms with Gasteiger partial charge in [-0.05, 0) is 43.0 Å². The van der Waals surface area contributed by atoms with Crippen molar-refractivity contribution in [2.75, 3.05) is 32.8 Å². The van der Waals surface area contributed by atoms with E-state index in [0.29, 0.717) is 10.8 Å². The molecule has 5 heteroatoms. The van der Waals surface area contributed by atoms with E-state index >= 15 is 0 Å². The number of amides is 1. The van der Waals surface area contributed by atoms with Crippen molar-refractivity contribution >= 4 is 17.5 Å². The van der Waals surface area contributed by atoms with E-state index in [-0.39, 0.29) is 12.5 Å². The molecule has 3 rings (SSSR count). The Hall–Kier alpha value is -1.26. The highest BCUT2D eigenvalue weighted by Crippen LogP contribution is 2.28. The lowest BCUT2D eigenvalue weighted by molar-refractivity contribution is -0.135. The SMILES string of the molecule is C[C@H]1CCC[C@@H](N2CCN(C(=O)COc3ccc(Cl)cc3)CC2)C1. The average Bonchev–Trinajstić information content (AvgIpc) is 2.61. The summed E-state index contributed by atoms with van der Waals surface area (Å²) in [5.74, 6) is 1.60. The zero-order valence-electron chi connectivity index (χ0n) is 14.4. The molecule has 0 aromatic heterocycles. The summed E-state index contributed by atoms with van der Waals surface area (Å²) in [5, 5.41) is 0.668. The first-order valence-corrected chi connectivity index (χ1v) is 9.40. The maximum Gasteiger partial charge on any atom is 0.260 e. The van der Waals surface area contributed by atoms with Gasteiger partial charge in [-0.15, -0.1) is 0 Å². The standard InChI is InChI=1S/C19H27ClN2O2/c1-15-3-2-4-17(13-15)21-9-11-22(12-10-21)19(23)14-24-18-7-5-16(20)6-8-18/h5-8,15,17H,2-4,9-14H2,1H3/t15-,17+/m0/s1. The van der Waals surface area contributed by atoms with Crippen LogP contribution in [0, 0.1) is 5.92 Å². The fourth-order valence-electron chi connectivity index (χ4n) is 3.84. The molecule has 2 atom stereocenters. The summed E-state index contributed by atoms with van der Waals surface area (Å²) in [6, 6.07) is 7.84. The van der Waals surface area contributed by atoms with Crippen molar-refractivity contribution in [1.82, 2.24) is 9.80 Å². The van der Waals surface area contributed by atoms with Gasteiger partial charge < -0.3 is 9.64 Å². The van der Waals surface area contributed by atoms with Gasteiger partial charge in [-0.25, -0.2) is 0 Å². The summed E-state index contributed by atoms with van der Waals surface area (Å²) >= 11 is 5.85. The van der Waals surface area contributed by atoms with Gasteiger partial charge in [0.05, 0.1) is 0 Å². The minimum atomic E-state index is 0.0709. The molecule has 2 fully saturated rings. The van der Waals surface area contributed by atoms with Crippen LogP contribution in [0.25, 0.3) is 0 Å². The lowest BCUT2D eigenvalue weighted by Crippen LogP contribution is -2.53. The van der Waals surface area contributed by atoms with Gasteiger partial charge in [-0.1, -0.05) is 31.4 Å². The molecule has 1 saturated carbocycles. The Labute approximate surface area is 149 Å². The van der Waals surface area contributed by atoms with Gasteiger partial charge in [0, 0.05) is 37.2 Å². The molecule has 1 amide bonds. The van der Waals surface area contributed by atoms with E-state index in [4.69, 9.17) is 16.3 Å². The van der Waals surface area contributed by atoms with E-state index in [9.17, 15) is 4.79 Å². The van der Waals surface area contributed by atoms with Crippen LogP contribution in [0.1, 0.15) is 32.6 Å². The molecule has 0 spiro atoms. The summed E-state index contributed by atoms with van der Waals surface area (Å²) in [4.78, 5) is 16.8. The molecule has 24 heavy (non-hydrogen) atoms. The maximum atomic E-state index is 12.3. The summed E-state index contributed by atoms with van der Waals surface area (Å²) in [6.45, 7) is 6.07. The topological polar surface area (TPSA) is 32.8 Å². The van der Waals surface area contributed by atoms with Crippen molar-refractivity contribution in [3.05, 3.63) is 29.3 Å². The van der Waals surface area contributed by atoms with Crippen LogP contribution in [0.5, 0.6) is 5.75 Å². The van der Waals surface area contributed by atoms with Crippen molar-refractivity contribution < 1.29 is 9.53 Å². The highest BCUT2D eigenvalue weighted by atomic mass is 35.5. The number of carbonyl (C=O) groups is 1. The van der Waals surface area contributed by atoms with Crippen LogP contribution in [-0.4, -0.2) is 54.5 Å². The Morgan fingerprint density at radius 3 is 2.54 bits per heavy atom. The highest BCUT2D eigenvalue weighted by molar-refractivity contribution is 6.30. The molecule has 1 aliphatic heterocycles. The fraction of sp³-hybridized carbons (Fsp3) is 0.632. The second kappa shape index (κ2) is 8.21. The monoisotopic (exact) mass is 350 g/mol. The normalized spacial score (nSPS) is 25.5. The first-order valence-electron chi connectivity index (χ1n) is 9.02. The number of hydrogen-bond acceptors (Lipinski definition) is 3. The number of hydrogen-bond donors (Lipinski definition) is 0. The third-order valence-corrected chi connectivity index (χ3v) is 5.52. The van der Waals surface area contributed by atoms with Gasteiger partial charge in [0.1, 0.15) is 5.75 Å². The smallest absolute Gasteiger partial charge is 0.260 e. The number of halogens is 1. The number of benzene rings is 1. The van der Waals surface area contributed by atoms with Gasteiger partial charge in [-0.2, -0.15) is 0 Å². The van der Waals surface area contributed by atoms with Crippen LogP contribution in [-0.2, 0) is 4.79 Å². The number of carbonyl (C=O) groups excluding carboxylic acids is 1. The highest BCUT2D eigenvalue weighted by Gasteiger charge is 2.28. The first-order chi connectivity index (χ1) is 11.6. The molecule has 0 N–H and O–H groups in total. The van der Waals surface area contributed by atoms with Crippen LogP contribution in [0.4, 0.5) is 0 Å². The first kappa shape index (κ1) is 17.6. The van der Waals surface area contributed by atoms with Gasteiger partial charge in [0.15, 0.2) is 6.61 Å². The molecule has 1 aliphatic carbocycles. The molecule has 132 valence electrons. The van der Waals surface area contributed by atoms with E-state index in [0.717, 1.165) is 38.1 Å². The number of piperazine rings is 1. The molecule has 0 bridgehead atoms. The second-order valence-electron chi connectivity index (χ2n) is 7.08. The van der Waals surface area contributed by atoms with E-state index < -0.39 is 0 Å². The largest absolute Gasteiger partial charge is 0.484 e. The lowest BCUT2D eigenvalue weighted by Gasteiger charge is -2.42. The van der Waals surface area contributed by atoms with Crippen molar-refractivity contribution in [3.63, 3.8) is 0 Å². The van der Waals surface area contributed by atoms with E-state index in [2.05, 4.69) is 11.8 Å². The summed E-state index contributed by atoms with van der Waals surface area (Å²) < 4.78 is 5.57. The zero-order chi connectivity index (χ0) is 16.9. The Bertz CT molecular complexity index is 541. The van der Waals surface area contributed by atoms with E-state index in [1.54, 1.807) is 24.3 Å². The molecule has 1 aromatic rings. The maximum absolute atomic E-state index is 12.3. The summed E-state index contributed by atoms with van der Waals surface area (Å²) in [5.41, 5.74) is 0. The number of rotatable bonds is 4. The third-order valence-electron chi connectivity index (χ3n) is 5.27. The van der Waals surface area contributed by atoms with E-state index in [1.165, 1.54) is 25.7 Å². The number of nitrogens with zero attached hydrogens (tertiary/aromatic N) is 2. The Balaban J connectivity index is 1.42. The minimum absolute atomic E-state index is 0.0709. The van der Waals surface area contributed by atoms with Crippen LogP contribution < -0.4 is 4.74 Å². The predicted molar refractivity (Wildman–Crippen MR) is 96.5 cm³/mol. The van der Waals surface area contributed by atoms with Crippen molar-refractivity contribution in [3.8, 4) is 5.75 Å². The molecule has 1 heterocycles. The second-order valence-corrected chi connectivity index (χ2v) is 7.52. The average molecular weight is 351 g/mol.